The van der Waals surface area contributed by atoms with Crippen molar-refractivity contribution >= 4 is 22.6 Å². The molecule has 3 aromatic heterocycles. The predicted octanol–water partition coefficient (Wildman–Crippen LogP) is 4.66. The molecule has 0 aliphatic heterocycles. The summed E-state index contributed by atoms with van der Waals surface area (Å²) in [5.41, 5.74) is 8.79. The van der Waals surface area contributed by atoms with Crippen LogP contribution in [0.25, 0.3) is 10.9 Å². The average Bonchev–Trinajstić information content (AvgIpc) is 3.26. The Morgan fingerprint density at radius 1 is 1.14 bits per heavy atom. The number of rotatable bonds is 4. The second kappa shape index (κ2) is 8.61. The molecule has 0 radical (unpaired) electrons. The molecule has 10 heteroatoms. The molecule has 35 heavy (non-hydrogen) atoms. The summed E-state index contributed by atoms with van der Waals surface area (Å²) < 4.78 is 38.8. The largest absolute Gasteiger partial charge is 0.435 e. The van der Waals surface area contributed by atoms with Gasteiger partial charge >= 0.3 is 6.18 Å². The van der Waals surface area contributed by atoms with Gasteiger partial charge in [0.05, 0.1) is 29.5 Å². The number of alkyl halides is 3. The molecule has 2 N–H and O–H groups in total. The topological polar surface area (TPSA) is 97.9 Å². The lowest BCUT2D eigenvalue weighted by molar-refractivity contribution is -0.141. The molecular weight excluding hydrogens is 457 g/mol. The lowest BCUT2D eigenvalue weighted by Crippen LogP contribution is -2.34. The molecule has 1 aliphatic rings. The van der Waals surface area contributed by atoms with Gasteiger partial charge in [-0.1, -0.05) is 6.07 Å². The number of fused-ring (bicyclic) bond motifs is 2. The van der Waals surface area contributed by atoms with Crippen LogP contribution in [0.4, 0.5) is 19.0 Å². The predicted molar refractivity (Wildman–Crippen MR) is 123 cm³/mol. The van der Waals surface area contributed by atoms with Crippen molar-refractivity contribution < 1.29 is 18.0 Å². The zero-order valence-electron chi connectivity index (χ0n) is 18.8. The van der Waals surface area contributed by atoms with Gasteiger partial charge in [-0.3, -0.25) is 9.78 Å². The van der Waals surface area contributed by atoms with Gasteiger partial charge in [-0.2, -0.15) is 18.3 Å². The molecule has 0 saturated carbocycles. The van der Waals surface area contributed by atoms with Gasteiger partial charge in [0.2, 0.25) is 0 Å². The van der Waals surface area contributed by atoms with E-state index in [1.165, 1.54) is 6.07 Å². The number of carbonyl (C=O) groups excluding carboxylic acids is 1. The Morgan fingerprint density at radius 2 is 1.97 bits per heavy atom. The highest BCUT2D eigenvalue weighted by Crippen LogP contribution is 2.36. The van der Waals surface area contributed by atoms with Crippen LogP contribution in [0.1, 0.15) is 51.0 Å². The van der Waals surface area contributed by atoms with Crippen LogP contribution < -0.4 is 5.73 Å². The molecule has 0 saturated heterocycles. The number of carbonyl (C=O) groups is 1. The molecule has 7 nitrogen and oxygen atoms in total. The van der Waals surface area contributed by atoms with Gasteiger partial charge in [0, 0.05) is 17.1 Å². The van der Waals surface area contributed by atoms with Crippen LogP contribution >= 0.6 is 0 Å². The molecule has 5 rings (SSSR count). The van der Waals surface area contributed by atoms with E-state index < -0.39 is 11.9 Å². The zero-order valence-corrected chi connectivity index (χ0v) is 18.8. The fourth-order valence-corrected chi connectivity index (χ4v) is 4.38. The van der Waals surface area contributed by atoms with Gasteiger partial charge in [0.25, 0.3) is 5.91 Å². The molecule has 4 aromatic rings. The normalized spacial score (nSPS) is 15.3. The third kappa shape index (κ3) is 4.39. The molecule has 1 aromatic carbocycles. The molecule has 1 amide bonds. The number of aryl methyl sites for hydroxylation is 2. The van der Waals surface area contributed by atoms with Gasteiger partial charge in [0.15, 0.2) is 5.69 Å². The number of aromatic nitrogens is 4. The Bertz CT molecular complexity index is 1420. The van der Waals surface area contributed by atoms with Crippen molar-refractivity contribution in [1.29, 1.82) is 0 Å². The fourth-order valence-electron chi connectivity index (χ4n) is 4.38. The minimum absolute atomic E-state index is 0.0122. The number of halogens is 3. The number of nitrogens with two attached hydrogens (primary N) is 1. The van der Waals surface area contributed by atoms with E-state index >= 15 is 0 Å². The van der Waals surface area contributed by atoms with E-state index in [0.29, 0.717) is 23.3 Å². The molecule has 0 fully saturated rings. The lowest BCUT2D eigenvalue weighted by atomic mass is 10.1. The summed E-state index contributed by atoms with van der Waals surface area (Å²) >= 11 is 0. The summed E-state index contributed by atoms with van der Waals surface area (Å²) in [5.74, 6) is 0.138. The van der Waals surface area contributed by atoms with Crippen LogP contribution in [-0.2, 0) is 19.1 Å². The van der Waals surface area contributed by atoms with E-state index in [2.05, 4.69) is 20.2 Å². The van der Waals surface area contributed by atoms with Gasteiger partial charge in [-0.25, -0.2) is 4.98 Å². The highest BCUT2D eigenvalue weighted by atomic mass is 19.4. The summed E-state index contributed by atoms with van der Waals surface area (Å²) in [6, 6.07) is 12.6. The van der Waals surface area contributed by atoms with Crippen LogP contribution in [0, 0.1) is 6.92 Å². The molecule has 0 bridgehead atoms. The Labute approximate surface area is 198 Å². The van der Waals surface area contributed by atoms with E-state index in [-0.39, 0.29) is 24.2 Å². The number of benzene rings is 1. The van der Waals surface area contributed by atoms with Crippen LogP contribution in [0.3, 0.4) is 0 Å². The maximum atomic E-state index is 13.8. The highest BCUT2D eigenvalue weighted by Gasteiger charge is 2.35. The van der Waals surface area contributed by atoms with E-state index in [0.717, 1.165) is 34.7 Å². The molecule has 1 aliphatic carbocycles. The van der Waals surface area contributed by atoms with Crippen molar-refractivity contribution in [2.24, 2.45) is 0 Å². The quantitative estimate of drug-likeness (QED) is 0.458. The summed E-state index contributed by atoms with van der Waals surface area (Å²) in [7, 11) is 0. The number of pyridine rings is 2. The van der Waals surface area contributed by atoms with Crippen molar-refractivity contribution in [3.63, 3.8) is 0 Å². The van der Waals surface area contributed by atoms with E-state index in [1.54, 1.807) is 29.3 Å². The van der Waals surface area contributed by atoms with Crippen LogP contribution in [0.2, 0.25) is 0 Å². The van der Waals surface area contributed by atoms with E-state index in [4.69, 9.17) is 5.73 Å². The van der Waals surface area contributed by atoms with Crippen LogP contribution in [0.15, 0.2) is 54.7 Å². The van der Waals surface area contributed by atoms with Crippen molar-refractivity contribution in [2.75, 3.05) is 5.73 Å². The molecule has 0 spiro atoms. The van der Waals surface area contributed by atoms with E-state index in [9.17, 15) is 18.0 Å². The van der Waals surface area contributed by atoms with Crippen molar-refractivity contribution in [3.05, 3.63) is 88.5 Å². The second-order valence-electron chi connectivity index (χ2n) is 8.54. The fraction of sp³-hybridized carbons (Fsp3) is 0.240. The summed E-state index contributed by atoms with van der Waals surface area (Å²) in [6.07, 6.45) is -1.52. The highest BCUT2D eigenvalue weighted by molar-refractivity contribution is 5.98. The first-order chi connectivity index (χ1) is 16.7. The average molecular weight is 478 g/mol. The first kappa shape index (κ1) is 22.7. The standard InChI is InChI=1S/C25H21F3N6O/c1-14-11-17-12-16(4-7-19(17)31-23(14)29)24(35)34(20-8-5-15-3-2-10-30-22(15)20)13-18-6-9-21(33-32-18)25(26,27)28/h2-4,6-7,9-12,20H,5,8,13H2,1H3,(H2,29,31)/t20-/m1/s1. The Kier molecular flexibility index (Phi) is 5.58. The van der Waals surface area contributed by atoms with Gasteiger partial charge in [-0.05, 0) is 73.4 Å². The number of nitrogens with zero attached hydrogens (tertiary/aromatic N) is 5. The van der Waals surface area contributed by atoms with Gasteiger partial charge in [0.1, 0.15) is 5.82 Å². The molecular formula is C25H21F3N6O. The molecule has 0 unspecified atom stereocenters. The Morgan fingerprint density at radius 3 is 2.71 bits per heavy atom. The summed E-state index contributed by atoms with van der Waals surface area (Å²) in [5, 5.41) is 7.83. The van der Waals surface area contributed by atoms with Crippen molar-refractivity contribution in [1.82, 2.24) is 25.1 Å². The minimum Gasteiger partial charge on any atom is -0.383 e. The molecule has 3 heterocycles. The van der Waals surface area contributed by atoms with Gasteiger partial charge in [-0.15, -0.1) is 5.10 Å². The number of hydrogen-bond acceptors (Lipinski definition) is 6. The third-order valence-electron chi connectivity index (χ3n) is 6.20. The number of anilines is 1. The molecule has 178 valence electrons. The zero-order chi connectivity index (χ0) is 24.7. The first-order valence-electron chi connectivity index (χ1n) is 11.0. The third-order valence-corrected chi connectivity index (χ3v) is 6.20. The van der Waals surface area contributed by atoms with Crippen molar-refractivity contribution in [2.45, 2.75) is 38.5 Å². The summed E-state index contributed by atoms with van der Waals surface area (Å²) in [6.45, 7) is 1.83. The van der Waals surface area contributed by atoms with E-state index in [1.807, 2.05) is 25.1 Å². The van der Waals surface area contributed by atoms with Crippen LogP contribution in [0.5, 0.6) is 0 Å². The maximum absolute atomic E-state index is 13.8. The number of amides is 1. The monoisotopic (exact) mass is 478 g/mol. The Hall–Kier alpha value is -4.08. The Balaban J connectivity index is 1.53. The summed E-state index contributed by atoms with van der Waals surface area (Å²) in [4.78, 5) is 24.2. The van der Waals surface area contributed by atoms with Crippen molar-refractivity contribution in [3.8, 4) is 0 Å². The molecule has 1 atom stereocenters. The minimum atomic E-state index is -4.59. The number of nitrogen functional groups attached to an aromatic ring is 1. The maximum Gasteiger partial charge on any atom is 0.435 e. The SMILES string of the molecule is Cc1cc2cc(C(=O)N(Cc3ccc(C(F)(F)F)nn3)[C@@H]3CCc4cccnc43)ccc2nc1N. The first-order valence-corrected chi connectivity index (χ1v) is 11.0. The smallest absolute Gasteiger partial charge is 0.383 e. The number of hydrogen-bond donors (Lipinski definition) is 1. The van der Waals surface area contributed by atoms with Crippen LogP contribution in [-0.4, -0.2) is 31.0 Å². The second-order valence-corrected chi connectivity index (χ2v) is 8.54. The lowest BCUT2D eigenvalue weighted by Gasteiger charge is -2.29. The van der Waals surface area contributed by atoms with Gasteiger partial charge < -0.3 is 10.6 Å².